The Morgan fingerprint density at radius 1 is 1.15 bits per heavy atom. The highest BCUT2D eigenvalue weighted by Gasteiger charge is 2.17. The average Bonchev–Trinajstić information content (AvgIpc) is 2.67. The van der Waals surface area contributed by atoms with Crippen LogP contribution in [0.1, 0.15) is 12.5 Å². The maximum atomic E-state index is 5.40. The van der Waals surface area contributed by atoms with E-state index in [9.17, 15) is 0 Å². The number of rotatable bonds is 5. The van der Waals surface area contributed by atoms with Crippen LogP contribution in [0.5, 0.6) is 0 Å². The summed E-state index contributed by atoms with van der Waals surface area (Å²) in [6.07, 6.45) is 0. The summed E-state index contributed by atoms with van der Waals surface area (Å²) in [5, 5.41) is 4.42. The van der Waals surface area contributed by atoms with Gasteiger partial charge in [0.15, 0.2) is 0 Å². The highest BCUT2D eigenvalue weighted by atomic mass is 79.9. The molecule has 138 valence electrons. The van der Waals surface area contributed by atoms with E-state index in [-0.39, 0.29) is 0 Å². The summed E-state index contributed by atoms with van der Waals surface area (Å²) in [5.41, 5.74) is 4.83. The van der Waals surface area contributed by atoms with Gasteiger partial charge >= 0.3 is 0 Å². The maximum absolute atomic E-state index is 5.40. The predicted octanol–water partition coefficient (Wildman–Crippen LogP) is 2.37. The highest BCUT2D eigenvalue weighted by molar-refractivity contribution is 9.10. The standard InChI is InChI=1S/C17H22BrN7O/c1-12(13-4-6-14(18)7-5-13)22-23-15-19-16(24(2)3)21-17(20-15)25-8-10-26-11-9-25/h4-7H,8-11H2,1-3H3,(H,19,20,21,23)/b22-12+. The Morgan fingerprint density at radius 2 is 1.85 bits per heavy atom. The Hall–Kier alpha value is -2.26. The van der Waals surface area contributed by atoms with Crippen LogP contribution < -0.4 is 15.2 Å². The van der Waals surface area contributed by atoms with Crippen LogP contribution in [-0.2, 0) is 4.74 Å². The zero-order valence-corrected chi connectivity index (χ0v) is 16.7. The van der Waals surface area contributed by atoms with Crippen LogP contribution in [0.15, 0.2) is 33.8 Å². The monoisotopic (exact) mass is 419 g/mol. The van der Waals surface area contributed by atoms with Gasteiger partial charge in [-0.05, 0) is 24.6 Å². The van der Waals surface area contributed by atoms with Gasteiger partial charge in [0, 0.05) is 31.7 Å². The van der Waals surface area contributed by atoms with Gasteiger partial charge in [0.1, 0.15) is 0 Å². The molecule has 0 saturated carbocycles. The molecule has 0 amide bonds. The first kappa shape index (κ1) is 18.5. The van der Waals surface area contributed by atoms with Crippen LogP contribution >= 0.6 is 15.9 Å². The van der Waals surface area contributed by atoms with E-state index in [4.69, 9.17) is 4.74 Å². The number of hydrazone groups is 1. The van der Waals surface area contributed by atoms with Crippen LogP contribution in [0.25, 0.3) is 0 Å². The number of hydrogen-bond donors (Lipinski definition) is 1. The molecular weight excluding hydrogens is 398 g/mol. The molecule has 1 fully saturated rings. The zero-order chi connectivity index (χ0) is 18.5. The molecule has 1 aliphatic rings. The summed E-state index contributed by atoms with van der Waals surface area (Å²) < 4.78 is 6.43. The van der Waals surface area contributed by atoms with Gasteiger partial charge < -0.3 is 14.5 Å². The minimum Gasteiger partial charge on any atom is -0.378 e. The normalized spacial score (nSPS) is 15.1. The van der Waals surface area contributed by atoms with Crippen LogP contribution in [-0.4, -0.2) is 61.1 Å². The van der Waals surface area contributed by atoms with Crippen molar-refractivity contribution in [2.45, 2.75) is 6.92 Å². The third kappa shape index (κ3) is 4.67. The third-order valence-electron chi connectivity index (χ3n) is 3.89. The molecule has 1 aromatic carbocycles. The quantitative estimate of drug-likeness (QED) is 0.588. The molecule has 9 heteroatoms. The van der Waals surface area contributed by atoms with Crippen molar-refractivity contribution < 1.29 is 4.74 Å². The largest absolute Gasteiger partial charge is 0.378 e. The number of nitrogens with one attached hydrogen (secondary N) is 1. The van der Waals surface area contributed by atoms with Gasteiger partial charge in [-0.2, -0.15) is 20.1 Å². The lowest BCUT2D eigenvalue weighted by Gasteiger charge is -2.27. The number of hydrogen-bond acceptors (Lipinski definition) is 8. The molecule has 26 heavy (non-hydrogen) atoms. The summed E-state index contributed by atoms with van der Waals surface area (Å²) in [6, 6.07) is 7.97. The molecule has 0 bridgehead atoms. The molecule has 0 unspecified atom stereocenters. The Balaban J connectivity index is 1.82. The molecule has 1 aliphatic heterocycles. The van der Waals surface area contributed by atoms with Crippen LogP contribution in [0, 0.1) is 0 Å². The number of benzene rings is 1. The SMILES string of the molecule is C/C(=N\Nc1nc(N(C)C)nc(N2CCOCC2)n1)c1ccc(Br)cc1. The first-order valence-electron chi connectivity index (χ1n) is 8.35. The minimum atomic E-state index is 0.418. The third-order valence-corrected chi connectivity index (χ3v) is 4.42. The number of halogens is 1. The zero-order valence-electron chi connectivity index (χ0n) is 15.1. The molecule has 0 radical (unpaired) electrons. The molecular formula is C17H22BrN7O. The summed E-state index contributed by atoms with van der Waals surface area (Å²) >= 11 is 3.44. The second kappa shape index (κ2) is 8.41. The second-order valence-electron chi connectivity index (χ2n) is 6.07. The highest BCUT2D eigenvalue weighted by Crippen LogP contribution is 2.17. The number of aromatic nitrogens is 3. The lowest BCUT2D eigenvalue weighted by Crippen LogP contribution is -2.37. The molecule has 3 rings (SSSR count). The van der Waals surface area contributed by atoms with Crippen molar-refractivity contribution in [1.82, 2.24) is 15.0 Å². The Labute approximate surface area is 161 Å². The van der Waals surface area contributed by atoms with E-state index < -0.39 is 0 Å². The van der Waals surface area contributed by atoms with Crippen molar-refractivity contribution >= 4 is 39.5 Å². The van der Waals surface area contributed by atoms with E-state index in [1.807, 2.05) is 50.2 Å². The molecule has 0 aliphatic carbocycles. The van der Waals surface area contributed by atoms with Crippen molar-refractivity contribution in [3.8, 4) is 0 Å². The Kier molecular flexibility index (Phi) is 6.00. The molecule has 1 aromatic heterocycles. The first-order chi connectivity index (χ1) is 12.5. The molecule has 0 spiro atoms. The topological polar surface area (TPSA) is 78.8 Å². The van der Waals surface area contributed by atoms with Gasteiger partial charge in [0.25, 0.3) is 0 Å². The van der Waals surface area contributed by atoms with Crippen molar-refractivity contribution in [2.75, 3.05) is 55.6 Å². The Morgan fingerprint density at radius 3 is 2.50 bits per heavy atom. The minimum absolute atomic E-state index is 0.418. The summed E-state index contributed by atoms with van der Waals surface area (Å²) in [5.74, 6) is 1.63. The number of nitrogens with zero attached hydrogens (tertiary/aromatic N) is 6. The number of anilines is 3. The van der Waals surface area contributed by atoms with Gasteiger partial charge in [0.2, 0.25) is 17.8 Å². The van der Waals surface area contributed by atoms with Crippen molar-refractivity contribution in [2.24, 2.45) is 5.10 Å². The van der Waals surface area contributed by atoms with E-state index in [0.29, 0.717) is 31.1 Å². The van der Waals surface area contributed by atoms with E-state index in [0.717, 1.165) is 28.8 Å². The van der Waals surface area contributed by atoms with Gasteiger partial charge in [0.05, 0.1) is 18.9 Å². The summed E-state index contributed by atoms with van der Waals surface area (Å²) in [6.45, 7) is 4.81. The van der Waals surface area contributed by atoms with E-state index in [1.54, 1.807) is 0 Å². The van der Waals surface area contributed by atoms with Crippen molar-refractivity contribution in [1.29, 1.82) is 0 Å². The molecule has 1 N–H and O–H groups in total. The lowest BCUT2D eigenvalue weighted by atomic mass is 10.1. The van der Waals surface area contributed by atoms with Gasteiger partial charge in [-0.3, -0.25) is 0 Å². The fourth-order valence-corrected chi connectivity index (χ4v) is 2.66. The van der Waals surface area contributed by atoms with Crippen molar-refractivity contribution in [3.05, 3.63) is 34.3 Å². The Bertz CT molecular complexity index is 773. The first-order valence-corrected chi connectivity index (χ1v) is 9.14. The molecule has 1 saturated heterocycles. The van der Waals surface area contributed by atoms with E-state index in [1.165, 1.54) is 0 Å². The number of morpholine rings is 1. The van der Waals surface area contributed by atoms with E-state index in [2.05, 4.69) is 46.3 Å². The van der Waals surface area contributed by atoms with Crippen LogP contribution in [0.3, 0.4) is 0 Å². The van der Waals surface area contributed by atoms with Crippen LogP contribution in [0.4, 0.5) is 17.8 Å². The predicted molar refractivity (Wildman–Crippen MR) is 107 cm³/mol. The smallest absolute Gasteiger partial charge is 0.250 e. The molecule has 2 aromatic rings. The number of ether oxygens (including phenoxy) is 1. The molecule has 2 heterocycles. The van der Waals surface area contributed by atoms with Crippen molar-refractivity contribution in [3.63, 3.8) is 0 Å². The second-order valence-corrected chi connectivity index (χ2v) is 6.98. The summed E-state index contributed by atoms with van der Waals surface area (Å²) in [7, 11) is 3.80. The lowest BCUT2D eigenvalue weighted by molar-refractivity contribution is 0.122. The molecule has 8 nitrogen and oxygen atoms in total. The maximum Gasteiger partial charge on any atom is 0.250 e. The van der Waals surface area contributed by atoms with E-state index >= 15 is 0 Å². The molecule has 0 atom stereocenters. The summed E-state index contributed by atoms with van der Waals surface area (Å²) in [4.78, 5) is 17.4. The van der Waals surface area contributed by atoms with Gasteiger partial charge in [-0.1, -0.05) is 28.1 Å². The van der Waals surface area contributed by atoms with Gasteiger partial charge in [-0.15, -0.1) is 0 Å². The fraction of sp³-hybridized carbons (Fsp3) is 0.412. The van der Waals surface area contributed by atoms with Crippen LogP contribution in [0.2, 0.25) is 0 Å². The fourth-order valence-electron chi connectivity index (χ4n) is 2.40. The average molecular weight is 420 g/mol. The van der Waals surface area contributed by atoms with Gasteiger partial charge in [-0.25, -0.2) is 5.43 Å².